The lowest BCUT2D eigenvalue weighted by Gasteiger charge is -2.20. The predicted octanol–water partition coefficient (Wildman–Crippen LogP) is 4.29. The number of benzene rings is 1. The number of carbonyl (C=O) groups excluding carboxylic acids is 1. The number of aliphatic hydroxyl groups is 1. The molecular formula is C18H20ClFN2O4. The van der Waals surface area contributed by atoms with Crippen molar-refractivity contribution < 1.29 is 23.8 Å². The van der Waals surface area contributed by atoms with Gasteiger partial charge in [-0.05, 0) is 32.9 Å². The highest BCUT2D eigenvalue weighted by molar-refractivity contribution is 6.31. The molecule has 8 heteroatoms. The largest absolute Gasteiger partial charge is 0.487 e. The first-order valence-electron chi connectivity index (χ1n) is 7.85. The summed E-state index contributed by atoms with van der Waals surface area (Å²) in [6, 6.07) is 5.82. The number of nitrogens with one attached hydrogen (secondary N) is 1. The maximum absolute atomic E-state index is 13.8. The Morgan fingerprint density at radius 2 is 2.12 bits per heavy atom. The molecule has 2 rings (SSSR count). The number of pyridine rings is 1. The molecule has 0 aliphatic carbocycles. The highest BCUT2D eigenvalue weighted by Gasteiger charge is 2.18. The second-order valence-electron chi connectivity index (χ2n) is 6.44. The molecule has 1 aromatic carbocycles. The van der Waals surface area contributed by atoms with Crippen molar-refractivity contribution in [1.29, 1.82) is 0 Å². The standard InChI is InChI=1S/C18H20ClFN2O4/c1-18(2,3)26-17(24)22-15-7-11(8-21-16(15)9-23)25-10-12-13(19)5-4-6-14(12)20/h4-8,23H,9-10H2,1-3H3,(H,22,24). The zero-order chi connectivity index (χ0) is 19.3. The van der Waals surface area contributed by atoms with Crippen LogP contribution in [0.15, 0.2) is 30.5 Å². The van der Waals surface area contributed by atoms with Gasteiger partial charge in [-0.1, -0.05) is 17.7 Å². The number of halogens is 2. The molecule has 0 radical (unpaired) electrons. The fourth-order valence-electron chi connectivity index (χ4n) is 2.03. The Kier molecular flexibility index (Phi) is 6.39. The maximum atomic E-state index is 13.8. The predicted molar refractivity (Wildman–Crippen MR) is 95.8 cm³/mol. The normalized spacial score (nSPS) is 11.2. The first kappa shape index (κ1) is 19.9. The zero-order valence-electron chi connectivity index (χ0n) is 14.7. The van der Waals surface area contributed by atoms with E-state index >= 15 is 0 Å². The number of hydrogen-bond donors (Lipinski definition) is 2. The molecule has 2 N–H and O–H groups in total. The van der Waals surface area contributed by atoms with Gasteiger partial charge in [0.2, 0.25) is 0 Å². The van der Waals surface area contributed by atoms with Gasteiger partial charge >= 0.3 is 6.09 Å². The summed E-state index contributed by atoms with van der Waals surface area (Å²) < 4.78 is 24.5. The van der Waals surface area contributed by atoms with E-state index in [1.54, 1.807) is 26.8 Å². The Morgan fingerprint density at radius 3 is 2.73 bits per heavy atom. The van der Waals surface area contributed by atoms with Crippen molar-refractivity contribution >= 4 is 23.4 Å². The summed E-state index contributed by atoms with van der Waals surface area (Å²) in [5.41, 5.74) is 0.0140. The minimum absolute atomic E-state index is 0.114. The van der Waals surface area contributed by atoms with Gasteiger partial charge in [-0.15, -0.1) is 0 Å². The highest BCUT2D eigenvalue weighted by atomic mass is 35.5. The molecule has 0 bridgehead atoms. The van der Waals surface area contributed by atoms with Crippen LogP contribution in [-0.2, 0) is 18.0 Å². The molecular weight excluding hydrogens is 363 g/mol. The molecule has 1 aromatic heterocycles. The van der Waals surface area contributed by atoms with Gasteiger partial charge in [0.15, 0.2) is 0 Å². The third kappa shape index (κ3) is 5.57. The number of nitrogens with zero attached hydrogens (tertiary/aromatic N) is 1. The minimum Gasteiger partial charge on any atom is -0.487 e. The summed E-state index contributed by atoms with van der Waals surface area (Å²) >= 11 is 5.96. The number of rotatable bonds is 5. The lowest BCUT2D eigenvalue weighted by Crippen LogP contribution is -2.27. The van der Waals surface area contributed by atoms with Crippen LogP contribution in [0.5, 0.6) is 5.75 Å². The number of anilines is 1. The monoisotopic (exact) mass is 382 g/mol. The lowest BCUT2D eigenvalue weighted by molar-refractivity contribution is 0.0635. The molecule has 0 fully saturated rings. The van der Waals surface area contributed by atoms with Crippen molar-refractivity contribution in [3.05, 3.63) is 52.6 Å². The van der Waals surface area contributed by atoms with E-state index in [1.165, 1.54) is 24.4 Å². The molecule has 0 aliphatic heterocycles. The molecule has 0 unspecified atom stereocenters. The molecule has 26 heavy (non-hydrogen) atoms. The van der Waals surface area contributed by atoms with Gasteiger partial charge in [0, 0.05) is 11.6 Å². The van der Waals surface area contributed by atoms with Crippen molar-refractivity contribution in [3.63, 3.8) is 0 Å². The minimum atomic E-state index is -0.691. The van der Waals surface area contributed by atoms with Crippen LogP contribution in [0.3, 0.4) is 0 Å². The van der Waals surface area contributed by atoms with E-state index in [1.807, 2.05) is 0 Å². The average molecular weight is 383 g/mol. The van der Waals surface area contributed by atoms with Gasteiger partial charge in [-0.2, -0.15) is 0 Å². The van der Waals surface area contributed by atoms with Gasteiger partial charge in [0.1, 0.15) is 23.8 Å². The Balaban J connectivity index is 2.14. The Bertz CT molecular complexity index is 773. The second-order valence-corrected chi connectivity index (χ2v) is 6.85. The third-order valence-electron chi connectivity index (χ3n) is 3.18. The summed E-state index contributed by atoms with van der Waals surface area (Å²) in [4.78, 5) is 16.0. The molecule has 0 saturated carbocycles. The van der Waals surface area contributed by atoms with E-state index < -0.39 is 17.5 Å². The van der Waals surface area contributed by atoms with E-state index in [4.69, 9.17) is 21.1 Å². The second kappa shape index (κ2) is 8.33. The van der Waals surface area contributed by atoms with Crippen molar-refractivity contribution in [2.24, 2.45) is 0 Å². The molecule has 6 nitrogen and oxygen atoms in total. The van der Waals surface area contributed by atoms with Crippen LogP contribution in [0.25, 0.3) is 0 Å². The van der Waals surface area contributed by atoms with Crippen LogP contribution >= 0.6 is 11.6 Å². The summed E-state index contributed by atoms with van der Waals surface area (Å²) in [5, 5.41) is 12.1. The quantitative estimate of drug-likeness (QED) is 0.806. The van der Waals surface area contributed by atoms with Gasteiger partial charge in [-0.25, -0.2) is 9.18 Å². The Hall–Kier alpha value is -2.38. The molecule has 0 spiro atoms. The highest BCUT2D eigenvalue weighted by Crippen LogP contribution is 2.24. The smallest absolute Gasteiger partial charge is 0.412 e. The molecule has 0 saturated heterocycles. The van der Waals surface area contributed by atoms with Crippen LogP contribution in [0, 0.1) is 5.82 Å². The molecule has 0 aliphatic rings. The van der Waals surface area contributed by atoms with E-state index in [0.717, 1.165) is 0 Å². The van der Waals surface area contributed by atoms with Crippen LogP contribution < -0.4 is 10.1 Å². The number of aliphatic hydroxyl groups excluding tert-OH is 1. The van der Waals surface area contributed by atoms with Crippen LogP contribution in [0.1, 0.15) is 32.0 Å². The van der Waals surface area contributed by atoms with E-state index in [2.05, 4.69) is 10.3 Å². The third-order valence-corrected chi connectivity index (χ3v) is 3.53. The zero-order valence-corrected chi connectivity index (χ0v) is 15.4. The van der Waals surface area contributed by atoms with E-state index in [9.17, 15) is 14.3 Å². The number of carbonyl (C=O) groups is 1. The first-order valence-corrected chi connectivity index (χ1v) is 8.23. The molecule has 1 heterocycles. The number of ether oxygens (including phenoxy) is 2. The van der Waals surface area contributed by atoms with Gasteiger partial charge in [0.05, 0.1) is 29.2 Å². The van der Waals surface area contributed by atoms with E-state index in [0.29, 0.717) is 0 Å². The van der Waals surface area contributed by atoms with Gasteiger partial charge < -0.3 is 14.6 Å². The topological polar surface area (TPSA) is 80.7 Å². The molecule has 140 valence electrons. The number of hydrogen-bond acceptors (Lipinski definition) is 5. The van der Waals surface area contributed by atoms with Gasteiger partial charge in [0.25, 0.3) is 0 Å². The first-order chi connectivity index (χ1) is 12.2. The van der Waals surface area contributed by atoms with Gasteiger partial charge in [-0.3, -0.25) is 10.3 Å². The SMILES string of the molecule is CC(C)(C)OC(=O)Nc1cc(OCc2c(F)cccc2Cl)cnc1CO. The van der Waals surface area contributed by atoms with Crippen LogP contribution in [0.2, 0.25) is 5.02 Å². The van der Waals surface area contributed by atoms with E-state index in [-0.39, 0.29) is 40.9 Å². The fourth-order valence-corrected chi connectivity index (χ4v) is 2.24. The summed E-state index contributed by atoms with van der Waals surface area (Å²) in [7, 11) is 0. The molecule has 0 atom stereocenters. The van der Waals surface area contributed by atoms with Crippen molar-refractivity contribution in [3.8, 4) is 5.75 Å². The summed E-state index contributed by atoms with van der Waals surface area (Å²) in [5.74, 6) is -0.211. The van der Waals surface area contributed by atoms with Crippen molar-refractivity contribution in [2.45, 2.75) is 39.6 Å². The van der Waals surface area contributed by atoms with Crippen molar-refractivity contribution in [1.82, 2.24) is 4.98 Å². The Labute approximate surface area is 155 Å². The van der Waals surface area contributed by atoms with Crippen LogP contribution in [0.4, 0.5) is 14.9 Å². The fraction of sp³-hybridized carbons (Fsp3) is 0.333. The number of aromatic nitrogens is 1. The number of amides is 1. The Morgan fingerprint density at radius 1 is 1.38 bits per heavy atom. The lowest BCUT2D eigenvalue weighted by atomic mass is 10.2. The van der Waals surface area contributed by atoms with Crippen LogP contribution in [-0.4, -0.2) is 21.8 Å². The summed E-state index contributed by atoms with van der Waals surface area (Å²) in [6.07, 6.45) is 0.670. The van der Waals surface area contributed by atoms with Crippen molar-refractivity contribution in [2.75, 3.05) is 5.32 Å². The molecule has 1 amide bonds. The summed E-state index contributed by atoms with van der Waals surface area (Å²) in [6.45, 7) is 4.70. The average Bonchev–Trinajstić information content (AvgIpc) is 2.53. The maximum Gasteiger partial charge on any atom is 0.412 e. The molecule has 2 aromatic rings.